The molecule has 0 bridgehead atoms. The van der Waals surface area contributed by atoms with E-state index in [4.69, 9.17) is 4.74 Å². The highest BCUT2D eigenvalue weighted by atomic mass is 16.5. The number of nitrogens with one attached hydrogen (secondary N) is 1. The third-order valence-electron chi connectivity index (χ3n) is 16.8. The Kier molecular flexibility index (Phi) is 65.9. The molecule has 0 heterocycles. The van der Waals surface area contributed by atoms with Crippen molar-refractivity contribution in [2.45, 2.75) is 418 Å². The van der Waals surface area contributed by atoms with Crippen LogP contribution >= 0.6 is 0 Å². The van der Waals surface area contributed by atoms with Crippen LogP contribution in [-0.4, -0.2) is 47.4 Å². The molecule has 0 spiro atoms. The molecule has 0 aliphatic heterocycles. The Balaban J connectivity index is 3.28. The molecule has 0 radical (unpaired) electrons. The molecule has 0 saturated carbocycles. The lowest BCUT2D eigenvalue weighted by molar-refractivity contribution is -0.143. The van der Waals surface area contributed by atoms with Gasteiger partial charge in [-0.3, -0.25) is 9.59 Å². The minimum Gasteiger partial charge on any atom is -0.466 e. The number of aliphatic hydroxyl groups excluding tert-OH is 2. The first-order valence-corrected chi connectivity index (χ1v) is 35.5. The molecule has 0 rings (SSSR count). The normalized spacial score (nSPS) is 12.5. The second-order valence-electron chi connectivity index (χ2n) is 24.6. The van der Waals surface area contributed by atoms with Crippen LogP contribution in [0.1, 0.15) is 406 Å². The number of allylic oxidation sites excluding steroid dienone is 1. The van der Waals surface area contributed by atoms with E-state index in [1.165, 1.54) is 340 Å². The number of ether oxygens (including phenoxy) is 1. The molecule has 6 heteroatoms. The number of rotatable bonds is 67. The Morgan fingerprint density at radius 3 is 0.883 bits per heavy atom. The van der Waals surface area contributed by atoms with E-state index >= 15 is 0 Å². The maximum atomic E-state index is 12.4. The lowest BCUT2D eigenvalue weighted by Gasteiger charge is -2.20. The Hall–Kier alpha value is -1.40. The van der Waals surface area contributed by atoms with Gasteiger partial charge in [-0.15, -0.1) is 0 Å². The molecule has 0 saturated heterocycles. The molecule has 458 valence electrons. The fraction of sp³-hybridized carbons (Fsp3) is 0.944. The van der Waals surface area contributed by atoms with Crippen molar-refractivity contribution in [1.82, 2.24) is 5.32 Å². The van der Waals surface area contributed by atoms with Crippen molar-refractivity contribution in [2.75, 3.05) is 13.2 Å². The van der Waals surface area contributed by atoms with Gasteiger partial charge in [-0.05, 0) is 32.1 Å². The summed E-state index contributed by atoms with van der Waals surface area (Å²) in [7, 11) is 0. The highest BCUT2D eigenvalue weighted by Crippen LogP contribution is 2.19. The van der Waals surface area contributed by atoms with Crippen LogP contribution in [0.2, 0.25) is 0 Å². The van der Waals surface area contributed by atoms with Crippen LogP contribution in [0.3, 0.4) is 0 Å². The Labute approximate surface area is 482 Å². The van der Waals surface area contributed by atoms with Gasteiger partial charge in [-0.2, -0.15) is 0 Å². The summed E-state index contributed by atoms with van der Waals surface area (Å²) in [6, 6.07) is -0.622. The molecular formula is C71H139NO5. The van der Waals surface area contributed by atoms with E-state index in [1.54, 1.807) is 6.08 Å². The first-order chi connectivity index (χ1) is 38.0. The van der Waals surface area contributed by atoms with Gasteiger partial charge in [0.15, 0.2) is 0 Å². The van der Waals surface area contributed by atoms with Crippen molar-refractivity contribution >= 4 is 11.9 Å². The maximum Gasteiger partial charge on any atom is 0.305 e. The molecule has 0 aromatic carbocycles. The number of esters is 1. The molecule has 1 amide bonds. The highest BCUT2D eigenvalue weighted by molar-refractivity contribution is 5.76. The topological polar surface area (TPSA) is 95.9 Å². The molecule has 0 aliphatic rings. The number of carbonyl (C=O) groups excluding carboxylic acids is 2. The smallest absolute Gasteiger partial charge is 0.305 e. The molecule has 6 nitrogen and oxygen atoms in total. The van der Waals surface area contributed by atoms with Gasteiger partial charge in [0.2, 0.25) is 5.91 Å². The van der Waals surface area contributed by atoms with Crippen LogP contribution in [0.25, 0.3) is 0 Å². The Bertz CT molecular complexity index is 1160. The van der Waals surface area contributed by atoms with Crippen LogP contribution < -0.4 is 5.32 Å². The standard InChI is InChI=1S/C71H139NO5/c1-3-5-7-9-11-13-15-16-17-18-36-39-42-45-49-53-57-61-65-71(76)77-66-62-58-54-50-46-43-40-37-34-32-30-28-26-24-22-20-19-21-23-25-27-29-31-33-35-38-41-44-48-52-56-60-64-70(75)72-68(67-73)69(74)63-59-55-51-47-14-12-10-8-6-4-2/h59,63,68-69,73-74H,3-58,60-62,64-67H2,1-2H3,(H,72,75)/b63-59+. The average molecular weight is 1090 g/mol. The van der Waals surface area contributed by atoms with Crippen LogP contribution in [0.4, 0.5) is 0 Å². The summed E-state index contributed by atoms with van der Waals surface area (Å²) in [5, 5.41) is 23.0. The predicted octanol–water partition coefficient (Wildman–Crippen LogP) is 22.8. The van der Waals surface area contributed by atoms with Crippen molar-refractivity contribution in [3.05, 3.63) is 12.2 Å². The quantitative estimate of drug-likeness (QED) is 0.0320. The number of carbonyl (C=O) groups is 2. The second-order valence-corrected chi connectivity index (χ2v) is 24.6. The van der Waals surface area contributed by atoms with Gasteiger partial charge in [0.25, 0.3) is 0 Å². The lowest BCUT2D eigenvalue weighted by Crippen LogP contribution is -2.45. The van der Waals surface area contributed by atoms with E-state index in [2.05, 4.69) is 19.2 Å². The molecule has 2 atom stereocenters. The first-order valence-electron chi connectivity index (χ1n) is 35.5. The monoisotopic (exact) mass is 1090 g/mol. The number of aliphatic hydroxyl groups is 2. The number of unbranched alkanes of at least 4 members (excludes halogenated alkanes) is 56. The van der Waals surface area contributed by atoms with Gasteiger partial charge in [-0.1, -0.05) is 373 Å². The zero-order chi connectivity index (χ0) is 55.7. The molecular weight excluding hydrogens is 947 g/mol. The fourth-order valence-corrected chi connectivity index (χ4v) is 11.4. The Morgan fingerprint density at radius 2 is 0.597 bits per heavy atom. The molecule has 0 aliphatic carbocycles. The van der Waals surface area contributed by atoms with E-state index in [0.717, 1.165) is 38.5 Å². The zero-order valence-corrected chi connectivity index (χ0v) is 52.5. The molecule has 0 fully saturated rings. The number of hydrogen-bond acceptors (Lipinski definition) is 5. The van der Waals surface area contributed by atoms with Crippen LogP contribution in [0.5, 0.6) is 0 Å². The largest absolute Gasteiger partial charge is 0.466 e. The zero-order valence-electron chi connectivity index (χ0n) is 52.5. The van der Waals surface area contributed by atoms with Gasteiger partial charge in [0, 0.05) is 12.8 Å². The lowest BCUT2D eigenvalue weighted by atomic mass is 10.0. The third-order valence-corrected chi connectivity index (χ3v) is 16.8. The van der Waals surface area contributed by atoms with E-state index < -0.39 is 12.1 Å². The summed E-state index contributed by atoms with van der Waals surface area (Å²) in [4.78, 5) is 24.5. The highest BCUT2D eigenvalue weighted by Gasteiger charge is 2.18. The maximum absolute atomic E-state index is 12.4. The van der Waals surface area contributed by atoms with E-state index in [0.29, 0.717) is 19.4 Å². The van der Waals surface area contributed by atoms with Crippen LogP contribution in [-0.2, 0) is 14.3 Å². The summed E-state index contributed by atoms with van der Waals surface area (Å²) < 4.78 is 5.51. The summed E-state index contributed by atoms with van der Waals surface area (Å²) >= 11 is 0. The van der Waals surface area contributed by atoms with Crippen molar-refractivity contribution in [1.29, 1.82) is 0 Å². The van der Waals surface area contributed by atoms with Gasteiger partial charge in [0.1, 0.15) is 0 Å². The third kappa shape index (κ3) is 63.6. The molecule has 0 aromatic rings. The van der Waals surface area contributed by atoms with Crippen molar-refractivity contribution in [2.24, 2.45) is 0 Å². The Morgan fingerprint density at radius 1 is 0.351 bits per heavy atom. The molecule has 0 aromatic heterocycles. The number of amides is 1. The molecule has 77 heavy (non-hydrogen) atoms. The number of hydrogen-bond donors (Lipinski definition) is 3. The van der Waals surface area contributed by atoms with E-state index in [9.17, 15) is 19.8 Å². The van der Waals surface area contributed by atoms with E-state index in [-0.39, 0.29) is 18.5 Å². The summed E-state index contributed by atoms with van der Waals surface area (Å²) in [5.74, 6) is -0.0372. The van der Waals surface area contributed by atoms with Crippen LogP contribution in [0, 0.1) is 0 Å². The summed E-state index contributed by atoms with van der Waals surface area (Å²) in [6.07, 6.45) is 83.2. The van der Waals surface area contributed by atoms with Crippen molar-refractivity contribution < 1.29 is 24.5 Å². The molecule has 2 unspecified atom stereocenters. The van der Waals surface area contributed by atoms with Gasteiger partial charge >= 0.3 is 5.97 Å². The SMILES string of the molecule is CCCCCCCCCC/C=C/C(O)C(CO)NC(=O)CCCCCCCCCCCCCCCCCCCCCCCCCCCCCCCCCCOC(=O)CCCCCCCCCCCCCCCCCCCC. The minimum atomic E-state index is -0.838. The van der Waals surface area contributed by atoms with Gasteiger partial charge in [0.05, 0.1) is 25.4 Å². The summed E-state index contributed by atoms with van der Waals surface area (Å²) in [6.45, 7) is 4.93. The van der Waals surface area contributed by atoms with Crippen molar-refractivity contribution in [3.8, 4) is 0 Å². The predicted molar refractivity (Wildman–Crippen MR) is 338 cm³/mol. The van der Waals surface area contributed by atoms with Crippen molar-refractivity contribution in [3.63, 3.8) is 0 Å². The van der Waals surface area contributed by atoms with Crippen LogP contribution in [0.15, 0.2) is 12.2 Å². The van der Waals surface area contributed by atoms with Gasteiger partial charge < -0.3 is 20.3 Å². The van der Waals surface area contributed by atoms with Gasteiger partial charge in [-0.25, -0.2) is 0 Å². The second kappa shape index (κ2) is 67.1. The summed E-state index contributed by atoms with van der Waals surface area (Å²) in [5.41, 5.74) is 0. The fourth-order valence-electron chi connectivity index (χ4n) is 11.4. The molecule has 3 N–H and O–H groups in total. The first kappa shape index (κ1) is 75.6. The van der Waals surface area contributed by atoms with E-state index in [1.807, 2.05) is 6.08 Å². The average Bonchev–Trinajstić information content (AvgIpc) is 3.43. The minimum absolute atomic E-state index is 0.0261.